The third kappa shape index (κ3) is 2.90. The maximum Gasteiger partial charge on any atom is 0.257 e. The van der Waals surface area contributed by atoms with Crippen LogP contribution < -0.4 is 5.32 Å². The van der Waals surface area contributed by atoms with Crippen LogP contribution in [-0.2, 0) is 0 Å². The monoisotopic (exact) mass is 262 g/mol. The van der Waals surface area contributed by atoms with Crippen LogP contribution in [0.25, 0.3) is 11.1 Å². The Labute approximate surface area is 111 Å². The summed E-state index contributed by atoms with van der Waals surface area (Å²) in [4.78, 5) is 18.2. The number of hydrogen-bond acceptors (Lipinski definition) is 5. The molecule has 1 amide bonds. The summed E-state index contributed by atoms with van der Waals surface area (Å²) < 4.78 is 5.01. The minimum absolute atomic E-state index is 0.135. The molecule has 0 aliphatic heterocycles. The molecule has 6 nitrogen and oxygen atoms in total. The van der Waals surface area contributed by atoms with Gasteiger partial charge in [0.1, 0.15) is 0 Å². The van der Waals surface area contributed by atoms with Crippen LogP contribution in [-0.4, -0.2) is 47.6 Å². The summed E-state index contributed by atoms with van der Waals surface area (Å²) in [6, 6.07) is 2.03. The molecule has 0 saturated carbocycles. The van der Waals surface area contributed by atoms with Crippen molar-refractivity contribution in [3.8, 4) is 0 Å². The highest BCUT2D eigenvalue weighted by molar-refractivity contribution is 5.96. The minimum atomic E-state index is -0.135. The van der Waals surface area contributed by atoms with Gasteiger partial charge in [-0.05, 0) is 34.0 Å². The Bertz CT molecular complexity index is 591. The number of aryl methyl sites for hydroxylation is 1. The molecule has 102 valence electrons. The maximum absolute atomic E-state index is 12.0. The molecule has 2 heterocycles. The fourth-order valence-corrected chi connectivity index (χ4v) is 1.59. The molecular formula is C13H18N4O2. The van der Waals surface area contributed by atoms with Crippen LogP contribution in [0, 0.1) is 6.92 Å². The number of carbonyl (C=O) groups excluding carboxylic acids is 1. The Kier molecular flexibility index (Phi) is 3.80. The number of nitrogens with zero attached hydrogens (tertiary/aromatic N) is 3. The summed E-state index contributed by atoms with van der Waals surface area (Å²) in [6.45, 7) is 4.46. The minimum Gasteiger partial charge on any atom is -0.350 e. The second-order valence-corrected chi connectivity index (χ2v) is 4.87. The zero-order valence-electron chi connectivity index (χ0n) is 11.6. The van der Waals surface area contributed by atoms with Gasteiger partial charge in [0.15, 0.2) is 0 Å². The number of rotatable bonds is 4. The van der Waals surface area contributed by atoms with Crippen molar-refractivity contribution in [1.29, 1.82) is 0 Å². The number of aromatic nitrogens is 2. The first-order valence-electron chi connectivity index (χ1n) is 6.15. The quantitative estimate of drug-likeness (QED) is 0.896. The second-order valence-electron chi connectivity index (χ2n) is 4.87. The molecule has 0 fully saturated rings. The van der Waals surface area contributed by atoms with Gasteiger partial charge in [-0.2, -0.15) is 0 Å². The number of amides is 1. The second kappa shape index (κ2) is 5.36. The number of likely N-dealkylation sites (N-methyl/N-ethyl adjacent to an activating group) is 1. The molecule has 19 heavy (non-hydrogen) atoms. The first-order chi connectivity index (χ1) is 8.99. The average Bonchev–Trinajstić information content (AvgIpc) is 2.76. The Morgan fingerprint density at radius 1 is 1.53 bits per heavy atom. The van der Waals surface area contributed by atoms with E-state index in [2.05, 4.69) is 15.5 Å². The molecule has 0 saturated heterocycles. The zero-order chi connectivity index (χ0) is 14.0. The number of hydrogen-bond donors (Lipinski definition) is 1. The normalized spacial score (nSPS) is 12.9. The number of nitrogens with one attached hydrogen (secondary N) is 1. The van der Waals surface area contributed by atoms with Crippen molar-refractivity contribution in [2.75, 3.05) is 20.6 Å². The van der Waals surface area contributed by atoms with Gasteiger partial charge in [0.05, 0.1) is 16.6 Å². The molecule has 0 aliphatic rings. The number of carbonyl (C=O) groups is 1. The van der Waals surface area contributed by atoms with E-state index >= 15 is 0 Å². The van der Waals surface area contributed by atoms with Crippen molar-refractivity contribution in [2.24, 2.45) is 0 Å². The van der Waals surface area contributed by atoms with Crippen molar-refractivity contribution < 1.29 is 9.32 Å². The van der Waals surface area contributed by atoms with Crippen molar-refractivity contribution in [2.45, 2.75) is 19.9 Å². The molecule has 0 spiro atoms. The summed E-state index contributed by atoms with van der Waals surface area (Å²) in [5.74, 6) is -0.135. The number of fused-ring (bicyclic) bond motifs is 1. The van der Waals surface area contributed by atoms with Gasteiger partial charge < -0.3 is 14.7 Å². The summed E-state index contributed by atoms with van der Waals surface area (Å²) in [5.41, 5.74) is 1.71. The fraction of sp³-hybridized carbons (Fsp3) is 0.462. The SMILES string of the molecule is Cc1noc2ncc(C(=O)NCC(C)N(C)C)cc12. The van der Waals surface area contributed by atoms with Gasteiger partial charge in [-0.15, -0.1) is 0 Å². The molecule has 0 bridgehead atoms. The van der Waals surface area contributed by atoms with Gasteiger partial charge in [-0.1, -0.05) is 5.16 Å². The Balaban J connectivity index is 2.11. The summed E-state index contributed by atoms with van der Waals surface area (Å²) in [5, 5.41) is 7.47. The standard InChI is InChI=1S/C13H18N4O2/c1-8(17(3)4)6-14-12(18)10-5-11-9(2)16-19-13(11)15-7-10/h5,7-8H,6H2,1-4H3,(H,14,18). The molecule has 0 aliphatic carbocycles. The van der Waals surface area contributed by atoms with E-state index in [0.717, 1.165) is 11.1 Å². The molecule has 1 unspecified atom stereocenters. The zero-order valence-corrected chi connectivity index (χ0v) is 11.6. The lowest BCUT2D eigenvalue weighted by Crippen LogP contribution is -2.38. The molecule has 1 N–H and O–H groups in total. The van der Waals surface area contributed by atoms with Gasteiger partial charge in [-0.25, -0.2) is 4.98 Å². The molecule has 2 rings (SSSR count). The highest BCUT2D eigenvalue weighted by Crippen LogP contribution is 2.16. The van der Waals surface area contributed by atoms with Crippen LogP contribution in [0.3, 0.4) is 0 Å². The molecule has 2 aromatic rings. The third-order valence-corrected chi connectivity index (χ3v) is 3.21. The molecule has 2 aromatic heterocycles. The number of pyridine rings is 1. The van der Waals surface area contributed by atoms with Gasteiger partial charge in [-0.3, -0.25) is 4.79 Å². The summed E-state index contributed by atoms with van der Waals surface area (Å²) >= 11 is 0. The van der Waals surface area contributed by atoms with Crippen molar-refractivity contribution in [1.82, 2.24) is 20.4 Å². The molecule has 1 atom stereocenters. The largest absolute Gasteiger partial charge is 0.350 e. The first-order valence-corrected chi connectivity index (χ1v) is 6.15. The van der Waals surface area contributed by atoms with Gasteiger partial charge in [0.2, 0.25) is 0 Å². The van der Waals surface area contributed by atoms with E-state index in [0.29, 0.717) is 17.8 Å². The van der Waals surface area contributed by atoms with E-state index in [1.807, 2.05) is 32.8 Å². The molecular weight excluding hydrogens is 244 g/mol. The van der Waals surface area contributed by atoms with Gasteiger partial charge in [0.25, 0.3) is 11.6 Å². The van der Waals surface area contributed by atoms with E-state index in [4.69, 9.17) is 4.52 Å². The van der Waals surface area contributed by atoms with Crippen molar-refractivity contribution in [3.05, 3.63) is 23.5 Å². The average molecular weight is 262 g/mol. The molecule has 0 aromatic carbocycles. The van der Waals surface area contributed by atoms with Crippen LogP contribution in [0.1, 0.15) is 23.0 Å². The van der Waals surface area contributed by atoms with Gasteiger partial charge in [0, 0.05) is 18.8 Å². The predicted molar refractivity (Wildman–Crippen MR) is 72.0 cm³/mol. The first kappa shape index (κ1) is 13.5. The van der Waals surface area contributed by atoms with Crippen LogP contribution in [0.4, 0.5) is 0 Å². The predicted octanol–water partition coefficient (Wildman–Crippen LogP) is 1.21. The van der Waals surface area contributed by atoms with Gasteiger partial charge >= 0.3 is 0 Å². The van der Waals surface area contributed by atoms with E-state index in [9.17, 15) is 4.79 Å². The van der Waals surface area contributed by atoms with Crippen LogP contribution >= 0.6 is 0 Å². The molecule has 0 radical (unpaired) electrons. The lowest BCUT2D eigenvalue weighted by atomic mass is 10.2. The molecule has 6 heteroatoms. The summed E-state index contributed by atoms with van der Waals surface area (Å²) in [6.07, 6.45) is 1.50. The Morgan fingerprint density at radius 2 is 2.26 bits per heavy atom. The lowest BCUT2D eigenvalue weighted by molar-refractivity contribution is 0.0943. The summed E-state index contributed by atoms with van der Waals surface area (Å²) in [7, 11) is 3.95. The topological polar surface area (TPSA) is 71.3 Å². The Hall–Kier alpha value is -1.95. The van der Waals surface area contributed by atoms with Crippen LogP contribution in [0.15, 0.2) is 16.8 Å². The van der Waals surface area contributed by atoms with E-state index < -0.39 is 0 Å². The van der Waals surface area contributed by atoms with E-state index in [1.165, 1.54) is 6.20 Å². The highest BCUT2D eigenvalue weighted by atomic mass is 16.5. The van der Waals surface area contributed by atoms with Crippen LogP contribution in [0.5, 0.6) is 0 Å². The van der Waals surface area contributed by atoms with Crippen LogP contribution in [0.2, 0.25) is 0 Å². The lowest BCUT2D eigenvalue weighted by Gasteiger charge is -2.19. The maximum atomic E-state index is 12.0. The Morgan fingerprint density at radius 3 is 2.95 bits per heavy atom. The fourth-order valence-electron chi connectivity index (χ4n) is 1.59. The third-order valence-electron chi connectivity index (χ3n) is 3.21. The van der Waals surface area contributed by atoms with Crippen molar-refractivity contribution in [3.63, 3.8) is 0 Å². The van der Waals surface area contributed by atoms with E-state index in [1.54, 1.807) is 6.07 Å². The highest BCUT2D eigenvalue weighted by Gasteiger charge is 2.12. The smallest absolute Gasteiger partial charge is 0.257 e. The van der Waals surface area contributed by atoms with Crippen molar-refractivity contribution >= 4 is 17.0 Å². The van der Waals surface area contributed by atoms with E-state index in [-0.39, 0.29) is 11.9 Å².